The lowest BCUT2D eigenvalue weighted by atomic mass is 10.2. The number of hydrogen-bond acceptors (Lipinski definition) is 4. The van der Waals surface area contributed by atoms with Crippen LogP contribution < -0.4 is 0 Å². The van der Waals surface area contributed by atoms with Crippen LogP contribution in [0.4, 0.5) is 0 Å². The summed E-state index contributed by atoms with van der Waals surface area (Å²) in [7, 11) is 0. The molecule has 4 rings (SSSR count). The Morgan fingerprint density at radius 3 is 2.79 bits per heavy atom. The van der Waals surface area contributed by atoms with E-state index in [1.54, 1.807) is 12.3 Å². The van der Waals surface area contributed by atoms with E-state index in [2.05, 4.69) is 24.6 Å². The van der Waals surface area contributed by atoms with Crippen molar-refractivity contribution in [2.75, 3.05) is 6.54 Å². The van der Waals surface area contributed by atoms with Crippen LogP contribution in [0.2, 0.25) is 10.0 Å². The first-order valence-corrected chi connectivity index (χ1v) is 8.45. The zero-order chi connectivity index (χ0) is 16.5. The summed E-state index contributed by atoms with van der Waals surface area (Å²) in [6, 6.07) is 9.65. The SMILES string of the molecule is Clc1cccc(CN2CCn3c(nnc3-c3cccnc3)C2)c1Cl. The Morgan fingerprint density at radius 2 is 1.96 bits per heavy atom. The molecule has 24 heavy (non-hydrogen) atoms. The van der Waals surface area contributed by atoms with Crippen molar-refractivity contribution < 1.29 is 0 Å². The Morgan fingerprint density at radius 1 is 1.04 bits per heavy atom. The molecule has 0 N–H and O–H groups in total. The van der Waals surface area contributed by atoms with Gasteiger partial charge in [-0.15, -0.1) is 10.2 Å². The topological polar surface area (TPSA) is 46.8 Å². The average Bonchev–Trinajstić information content (AvgIpc) is 3.03. The molecule has 0 saturated heterocycles. The third-order valence-corrected chi connectivity index (χ3v) is 5.04. The highest BCUT2D eigenvalue weighted by molar-refractivity contribution is 6.42. The highest BCUT2D eigenvalue weighted by atomic mass is 35.5. The van der Waals surface area contributed by atoms with Gasteiger partial charge in [-0.1, -0.05) is 35.3 Å². The van der Waals surface area contributed by atoms with Gasteiger partial charge in [0, 0.05) is 37.6 Å². The van der Waals surface area contributed by atoms with Gasteiger partial charge in [-0.2, -0.15) is 0 Å². The van der Waals surface area contributed by atoms with Gasteiger partial charge >= 0.3 is 0 Å². The molecule has 5 nitrogen and oxygen atoms in total. The standard InChI is InChI=1S/C17H15Cl2N5/c18-14-5-1-3-13(16(14)19)10-23-7-8-24-15(11-23)21-22-17(24)12-4-2-6-20-9-12/h1-6,9H,7-8,10-11H2. The molecule has 2 aromatic heterocycles. The summed E-state index contributed by atoms with van der Waals surface area (Å²) >= 11 is 12.4. The third kappa shape index (κ3) is 2.90. The van der Waals surface area contributed by atoms with Crippen LogP contribution in [0.25, 0.3) is 11.4 Å². The third-order valence-electron chi connectivity index (χ3n) is 4.18. The lowest BCUT2D eigenvalue weighted by Gasteiger charge is -2.28. The molecule has 0 fully saturated rings. The molecular weight excluding hydrogens is 345 g/mol. The van der Waals surface area contributed by atoms with Crippen molar-refractivity contribution in [2.45, 2.75) is 19.6 Å². The van der Waals surface area contributed by atoms with E-state index in [-0.39, 0.29) is 0 Å². The predicted molar refractivity (Wildman–Crippen MR) is 93.8 cm³/mol. The van der Waals surface area contributed by atoms with E-state index in [0.717, 1.165) is 49.0 Å². The summed E-state index contributed by atoms with van der Waals surface area (Å²) in [5.41, 5.74) is 2.02. The Labute approximate surface area is 149 Å². The molecule has 122 valence electrons. The second-order valence-corrected chi connectivity index (χ2v) is 6.54. The molecular formula is C17H15Cl2N5. The molecule has 0 atom stereocenters. The van der Waals surface area contributed by atoms with Gasteiger partial charge in [-0.3, -0.25) is 9.88 Å². The molecule has 0 spiro atoms. The molecule has 0 aliphatic carbocycles. The number of rotatable bonds is 3. The van der Waals surface area contributed by atoms with Gasteiger partial charge in [0.2, 0.25) is 0 Å². The molecule has 0 bridgehead atoms. The number of benzene rings is 1. The highest BCUT2D eigenvalue weighted by Gasteiger charge is 2.22. The Kier molecular flexibility index (Phi) is 4.22. The number of halogens is 2. The molecule has 3 aromatic rings. The fourth-order valence-electron chi connectivity index (χ4n) is 2.96. The summed E-state index contributed by atoms with van der Waals surface area (Å²) in [5.74, 6) is 1.83. The Bertz CT molecular complexity index is 863. The van der Waals surface area contributed by atoms with Crippen molar-refractivity contribution >= 4 is 23.2 Å². The zero-order valence-corrected chi connectivity index (χ0v) is 14.4. The molecule has 7 heteroatoms. The maximum Gasteiger partial charge on any atom is 0.165 e. The second kappa shape index (κ2) is 6.51. The van der Waals surface area contributed by atoms with Crippen LogP contribution in [0.5, 0.6) is 0 Å². The number of pyridine rings is 1. The van der Waals surface area contributed by atoms with E-state index < -0.39 is 0 Å². The van der Waals surface area contributed by atoms with Gasteiger partial charge in [-0.05, 0) is 23.8 Å². The molecule has 1 aliphatic rings. The minimum atomic E-state index is 0.591. The van der Waals surface area contributed by atoms with E-state index in [4.69, 9.17) is 23.2 Å². The van der Waals surface area contributed by atoms with Gasteiger partial charge in [0.05, 0.1) is 16.6 Å². The van der Waals surface area contributed by atoms with Crippen LogP contribution in [0.15, 0.2) is 42.7 Å². The summed E-state index contributed by atoms with van der Waals surface area (Å²) in [4.78, 5) is 6.46. The molecule has 1 aromatic carbocycles. The molecule has 3 heterocycles. The van der Waals surface area contributed by atoms with Crippen LogP contribution >= 0.6 is 23.2 Å². The van der Waals surface area contributed by atoms with Crippen LogP contribution in [-0.4, -0.2) is 31.2 Å². The molecule has 1 aliphatic heterocycles. The molecule has 0 radical (unpaired) electrons. The second-order valence-electron chi connectivity index (χ2n) is 5.76. The van der Waals surface area contributed by atoms with Gasteiger partial charge in [-0.25, -0.2) is 0 Å². The molecule has 0 unspecified atom stereocenters. The van der Waals surface area contributed by atoms with Gasteiger partial charge < -0.3 is 4.57 Å². The van der Waals surface area contributed by atoms with Crippen LogP contribution in [0.3, 0.4) is 0 Å². The quantitative estimate of drug-likeness (QED) is 0.715. The summed E-state index contributed by atoms with van der Waals surface area (Å²) in [6.45, 7) is 3.22. The van der Waals surface area contributed by atoms with Crippen molar-refractivity contribution in [3.8, 4) is 11.4 Å². The Balaban J connectivity index is 1.55. The van der Waals surface area contributed by atoms with Crippen LogP contribution in [0, 0.1) is 0 Å². The Hall–Kier alpha value is -1.95. The predicted octanol–water partition coefficient (Wildman–Crippen LogP) is 3.66. The van der Waals surface area contributed by atoms with Crippen molar-refractivity contribution in [1.29, 1.82) is 0 Å². The lowest BCUT2D eigenvalue weighted by molar-refractivity contribution is 0.209. The van der Waals surface area contributed by atoms with Gasteiger partial charge in [0.1, 0.15) is 5.82 Å². The summed E-state index contributed by atoms with van der Waals surface area (Å²) in [6.07, 6.45) is 3.57. The number of nitrogens with zero attached hydrogens (tertiary/aromatic N) is 5. The van der Waals surface area contributed by atoms with Crippen LogP contribution in [-0.2, 0) is 19.6 Å². The minimum Gasteiger partial charge on any atom is -0.309 e. The normalized spacial score (nSPS) is 14.6. The van der Waals surface area contributed by atoms with E-state index in [1.807, 2.05) is 30.5 Å². The summed E-state index contributed by atoms with van der Waals surface area (Å²) in [5, 5.41) is 9.91. The maximum absolute atomic E-state index is 6.30. The average molecular weight is 360 g/mol. The first-order valence-electron chi connectivity index (χ1n) is 7.70. The fourth-order valence-corrected chi connectivity index (χ4v) is 3.34. The lowest BCUT2D eigenvalue weighted by Crippen LogP contribution is -2.33. The smallest absolute Gasteiger partial charge is 0.165 e. The van der Waals surface area contributed by atoms with E-state index >= 15 is 0 Å². The molecule has 0 saturated carbocycles. The minimum absolute atomic E-state index is 0.591. The van der Waals surface area contributed by atoms with E-state index in [9.17, 15) is 0 Å². The van der Waals surface area contributed by atoms with Crippen LogP contribution in [0.1, 0.15) is 11.4 Å². The van der Waals surface area contributed by atoms with E-state index in [0.29, 0.717) is 10.0 Å². The zero-order valence-electron chi connectivity index (χ0n) is 12.9. The van der Waals surface area contributed by atoms with Crippen molar-refractivity contribution in [1.82, 2.24) is 24.6 Å². The monoisotopic (exact) mass is 359 g/mol. The number of fused-ring (bicyclic) bond motifs is 1. The fraction of sp³-hybridized carbons (Fsp3) is 0.235. The largest absolute Gasteiger partial charge is 0.309 e. The highest BCUT2D eigenvalue weighted by Crippen LogP contribution is 2.28. The molecule has 0 amide bonds. The van der Waals surface area contributed by atoms with Crippen molar-refractivity contribution in [3.05, 3.63) is 64.2 Å². The number of hydrogen-bond donors (Lipinski definition) is 0. The van der Waals surface area contributed by atoms with Crippen molar-refractivity contribution in [2.24, 2.45) is 0 Å². The first-order chi connectivity index (χ1) is 11.7. The van der Waals surface area contributed by atoms with Gasteiger partial charge in [0.25, 0.3) is 0 Å². The maximum atomic E-state index is 6.30. The summed E-state index contributed by atoms with van der Waals surface area (Å²) < 4.78 is 2.16. The number of aromatic nitrogens is 4. The van der Waals surface area contributed by atoms with Crippen molar-refractivity contribution in [3.63, 3.8) is 0 Å². The van der Waals surface area contributed by atoms with Gasteiger partial charge in [0.15, 0.2) is 5.82 Å². The van der Waals surface area contributed by atoms with E-state index in [1.165, 1.54) is 0 Å². The first kappa shape index (κ1) is 15.6.